The number of benzene rings is 3. The summed E-state index contributed by atoms with van der Waals surface area (Å²) >= 11 is 1.15. The number of fused-ring (bicyclic) bond motifs is 2. The molecule has 0 radical (unpaired) electrons. The first kappa shape index (κ1) is 29.4. The van der Waals surface area contributed by atoms with Gasteiger partial charge in [0.1, 0.15) is 0 Å². The highest BCUT2D eigenvalue weighted by atomic mass is 32.2. The van der Waals surface area contributed by atoms with Crippen molar-refractivity contribution in [3.8, 4) is 11.5 Å². The van der Waals surface area contributed by atoms with E-state index in [0.717, 1.165) is 41.8 Å². The van der Waals surface area contributed by atoms with Crippen molar-refractivity contribution < 1.29 is 19.1 Å². The molecule has 0 bridgehead atoms. The van der Waals surface area contributed by atoms with Crippen LogP contribution in [-0.2, 0) is 11.3 Å². The lowest BCUT2D eigenvalue weighted by molar-refractivity contribution is -0.113. The molecule has 0 atom stereocenters. The zero-order chi connectivity index (χ0) is 31.6. The predicted octanol–water partition coefficient (Wildman–Crippen LogP) is 3.90. The summed E-state index contributed by atoms with van der Waals surface area (Å²) in [7, 11) is 0. The highest BCUT2D eigenvalue weighted by molar-refractivity contribution is 7.99. The van der Waals surface area contributed by atoms with Crippen molar-refractivity contribution in [2.75, 3.05) is 48.9 Å². The topological polar surface area (TPSA) is 135 Å². The van der Waals surface area contributed by atoms with Gasteiger partial charge in [-0.15, -0.1) is 0 Å². The van der Waals surface area contributed by atoms with Crippen molar-refractivity contribution in [2.24, 2.45) is 0 Å². The Labute approximate surface area is 268 Å². The summed E-state index contributed by atoms with van der Waals surface area (Å²) in [6.45, 7) is 4.93. The number of nitrogens with zero attached hydrogens (tertiary/aromatic N) is 5. The monoisotopic (exact) mass is 637 g/mol. The lowest BCUT2D eigenvalue weighted by Gasteiger charge is -2.36. The Morgan fingerprint density at radius 3 is 2.41 bits per heavy atom. The van der Waals surface area contributed by atoms with Crippen molar-refractivity contribution in [2.45, 2.75) is 18.6 Å². The summed E-state index contributed by atoms with van der Waals surface area (Å²) in [5.74, 6) is 1.14. The SMILES string of the molecule is Cc1cc(NC(=O)CSc2nc3cc4c(cc3c(=O)n2Cc2ccc(C(=O)N3CCN(c5ccccc5)CC3)cc2)OCO4)n[nH]1. The third-order valence-electron chi connectivity index (χ3n) is 7.95. The van der Waals surface area contributed by atoms with Gasteiger partial charge in [-0.1, -0.05) is 42.1 Å². The predicted molar refractivity (Wildman–Crippen MR) is 175 cm³/mol. The molecule has 0 spiro atoms. The van der Waals surface area contributed by atoms with Crippen molar-refractivity contribution in [3.63, 3.8) is 0 Å². The van der Waals surface area contributed by atoms with Crippen LogP contribution in [0, 0.1) is 6.92 Å². The van der Waals surface area contributed by atoms with E-state index >= 15 is 0 Å². The van der Waals surface area contributed by atoms with Gasteiger partial charge in [0.2, 0.25) is 12.7 Å². The van der Waals surface area contributed by atoms with Gasteiger partial charge in [0.25, 0.3) is 11.5 Å². The molecule has 46 heavy (non-hydrogen) atoms. The second kappa shape index (κ2) is 12.6. The van der Waals surface area contributed by atoms with Gasteiger partial charge in [0.15, 0.2) is 22.5 Å². The van der Waals surface area contributed by atoms with Gasteiger partial charge < -0.3 is 24.6 Å². The Kier molecular flexibility index (Phi) is 8.06. The van der Waals surface area contributed by atoms with Crippen LogP contribution in [0.1, 0.15) is 21.6 Å². The summed E-state index contributed by atoms with van der Waals surface area (Å²) in [5.41, 5.74) is 3.56. The Morgan fingerprint density at radius 1 is 0.957 bits per heavy atom. The lowest BCUT2D eigenvalue weighted by Crippen LogP contribution is -2.48. The Morgan fingerprint density at radius 2 is 1.70 bits per heavy atom. The van der Waals surface area contributed by atoms with Crippen molar-refractivity contribution in [1.29, 1.82) is 0 Å². The molecule has 0 aliphatic carbocycles. The molecular weight excluding hydrogens is 606 g/mol. The highest BCUT2D eigenvalue weighted by Gasteiger charge is 2.23. The van der Waals surface area contributed by atoms with Gasteiger partial charge in [-0.3, -0.25) is 24.0 Å². The number of H-pyrrole nitrogens is 1. The molecule has 5 aromatic rings. The van der Waals surface area contributed by atoms with Crippen LogP contribution in [0.2, 0.25) is 0 Å². The molecule has 0 unspecified atom stereocenters. The number of carbonyl (C=O) groups is 2. The number of thioether (sulfide) groups is 1. The van der Waals surface area contributed by atoms with Gasteiger partial charge in [0.05, 0.1) is 23.2 Å². The molecule has 2 aromatic heterocycles. The lowest BCUT2D eigenvalue weighted by atomic mass is 10.1. The second-order valence-corrected chi connectivity index (χ2v) is 12.0. The molecule has 2 amide bonds. The molecule has 13 heteroatoms. The van der Waals surface area contributed by atoms with Gasteiger partial charge >= 0.3 is 0 Å². The maximum atomic E-state index is 13.8. The van der Waals surface area contributed by atoms with Gasteiger partial charge in [-0.2, -0.15) is 5.10 Å². The Hall–Kier alpha value is -5.30. The summed E-state index contributed by atoms with van der Waals surface area (Å²) in [5, 5.41) is 10.3. The number of hydrogen-bond acceptors (Lipinski definition) is 9. The number of hydrogen-bond donors (Lipinski definition) is 2. The zero-order valence-electron chi connectivity index (χ0n) is 25.1. The second-order valence-electron chi connectivity index (χ2n) is 11.1. The molecule has 2 aliphatic rings. The quantitative estimate of drug-likeness (QED) is 0.192. The molecule has 2 N–H and O–H groups in total. The van der Waals surface area contributed by atoms with Crippen molar-refractivity contribution in [3.05, 3.63) is 100.0 Å². The minimum atomic E-state index is -0.282. The zero-order valence-corrected chi connectivity index (χ0v) is 25.9. The van der Waals surface area contributed by atoms with E-state index in [2.05, 4.69) is 32.5 Å². The average Bonchev–Trinajstić information content (AvgIpc) is 3.72. The van der Waals surface area contributed by atoms with Crippen molar-refractivity contribution in [1.82, 2.24) is 24.6 Å². The smallest absolute Gasteiger partial charge is 0.262 e. The summed E-state index contributed by atoms with van der Waals surface area (Å²) in [6.07, 6.45) is 0. The normalized spacial score (nSPS) is 14.1. The van der Waals surface area contributed by atoms with Crippen LogP contribution in [0.3, 0.4) is 0 Å². The number of rotatable bonds is 8. The summed E-state index contributed by atoms with van der Waals surface area (Å²) < 4.78 is 12.5. The van der Waals surface area contributed by atoms with E-state index in [4.69, 9.17) is 14.5 Å². The highest BCUT2D eigenvalue weighted by Crippen LogP contribution is 2.35. The fraction of sp³-hybridized carbons (Fsp3) is 0.242. The fourth-order valence-corrected chi connectivity index (χ4v) is 6.35. The van der Waals surface area contributed by atoms with E-state index in [1.807, 2.05) is 42.2 Å². The molecule has 7 rings (SSSR count). The summed E-state index contributed by atoms with van der Waals surface area (Å²) in [4.78, 5) is 48.8. The standard InChI is InChI=1S/C33H31N7O5S/c1-21-15-29(37-36-21)35-30(41)19-46-33-34-26-17-28-27(44-20-45-28)16-25(26)32(43)40(33)18-22-7-9-23(10-8-22)31(42)39-13-11-38(12-14-39)24-5-3-2-4-6-24/h2-10,15-17H,11-14,18-20H2,1H3,(H2,35,36,37,41). The molecular formula is C33H31N7O5S. The van der Waals surface area contributed by atoms with Gasteiger partial charge in [0, 0.05) is 55.3 Å². The largest absolute Gasteiger partial charge is 0.454 e. The van der Waals surface area contributed by atoms with Gasteiger partial charge in [-0.25, -0.2) is 4.98 Å². The van der Waals surface area contributed by atoms with E-state index < -0.39 is 0 Å². The third-order valence-corrected chi connectivity index (χ3v) is 8.93. The number of nitrogens with one attached hydrogen (secondary N) is 2. The fourth-order valence-electron chi connectivity index (χ4n) is 5.56. The van der Waals surface area contributed by atoms with Crippen LogP contribution in [-0.4, -0.2) is 75.2 Å². The third kappa shape index (κ3) is 6.13. The van der Waals surface area contributed by atoms with Gasteiger partial charge in [-0.05, 0) is 42.8 Å². The molecule has 1 fully saturated rings. The summed E-state index contributed by atoms with van der Waals surface area (Å²) in [6, 6.07) is 22.6. The first-order chi connectivity index (χ1) is 22.4. The van der Waals surface area contributed by atoms with E-state index in [0.29, 0.717) is 52.0 Å². The number of aryl methyl sites for hydroxylation is 1. The Balaban J connectivity index is 1.09. The van der Waals surface area contributed by atoms with E-state index in [1.165, 1.54) is 0 Å². The van der Waals surface area contributed by atoms with Crippen LogP contribution in [0.4, 0.5) is 11.5 Å². The maximum absolute atomic E-state index is 13.8. The minimum absolute atomic E-state index is 0.0133. The van der Waals surface area contributed by atoms with Crippen LogP contribution in [0.15, 0.2) is 82.7 Å². The Bertz CT molecular complexity index is 1970. The number of para-hydroxylation sites is 1. The van der Waals surface area contributed by atoms with Crippen LogP contribution < -0.4 is 25.2 Å². The van der Waals surface area contributed by atoms with E-state index in [9.17, 15) is 14.4 Å². The van der Waals surface area contributed by atoms with Crippen LogP contribution >= 0.6 is 11.8 Å². The van der Waals surface area contributed by atoms with Crippen LogP contribution in [0.5, 0.6) is 11.5 Å². The minimum Gasteiger partial charge on any atom is -0.454 e. The average molecular weight is 638 g/mol. The first-order valence-electron chi connectivity index (χ1n) is 14.9. The molecule has 1 saturated heterocycles. The van der Waals surface area contributed by atoms with Crippen LogP contribution in [0.25, 0.3) is 10.9 Å². The van der Waals surface area contributed by atoms with Crippen molar-refractivity contribution >= 4 is 46.0 Å². The number of piperazine rings is 1. The number of anilines is 2. The number of amides is 2. The van der Waals surface area contributed by atoms with E-state index in [1.54, 1.807) is 34.9 Å². The van der Waals surface area contributed by atoms with E-state index in [-0.39, 0.29) is 36.5 Å². The number of carbonyl (C=O) groups excluding carboxylic acids is 2. The molecule has 2 aliphatic heterocycles. The molecule has 234 valence electrons. The molecule has 4 heterocycles. The number of aromatic amines is 1. The molecule has 0 saturated carbocycles. The molecule has 3 aromatic carbocycles. The molecule has 12 nitrogen and oxygen atoms in total. The first-order valence-corrected chi connectivity index (χ1v) is 15.9. The number of ether oxygens (including phenoxy) is 2. The maximum Gasteiger partial charge on any atom is 0.262 e. The number of aromatic nitrogens is 4.